The van der Waals surface area contributed by atoms with Crippen LogP contribution >= 0.6 is 23.2 Å². The molecule has 0 radical (unpaired) electrons. The minimum absolute atomic E-state index is 0.00117. The summed E-state index contributed by atoms with van der Waals surface area (Å²) in [6.07, 6.45) is 6.14. The number of carboxylic acids is 1. The molecule has 0 unspecified atom stereocenters. The third-order valence-electron chi connectivity index (χ3n) is 7.94. The van der Waals surface area contributed by atoms with Crippen LogP contribution in [-0.2, 0) is 22.9 Å². The zero-order chi connectivity index (χ0) is 28.3. The van der Waals surface area contributed by atoms with Crippen molar-refractivity contribution in [1.29, 1.82) is 0 Å². The van der Waals surface area contributed by atoms with Crippen LogP contribution in [0, 0.1) is 11.8 Å². The third kappa shape index (κ3) is 6.43. The van der Waals surface area contributed by atoms with Crippen molar-refractivity contribution < 1.29 is 18.3 Å². The molecule has 2 aliphatic heterocycles. The zero-order valence-electron chi connectivity index (χ0n) is 22.0. The van der Waals surface area contributed by atoms with Crippen molar-refractivity contribution in [3.05, 3.63) is 81.6 Å². The summed E-state index contributed by atoms with van der Waals surface area (Å²) >= 11 is 12.2. The first-order valence-corrected chi connectivity index (χ1v) is 15.7. The van der Waals surface area contributed by atoms with Gasteiger partial charge in [-0.15, -0.1) is 0 Å². The van der Waals surface area contributed by atoms with E-state index in [-0.39, 0.29) is 26.4 Å². The molecule has 2 fully saturated rings. The highest BCUT2D eigenvalue weighted by atomic mass is 35.5. The molecule has 0 spiro atoms. The largest absolute Gasteiger partial charge is 0.478 e. The second-order valence-corrected chi connectivity index (χ2v) is 13.3. The van der Waals surface area contributed by atoms with E-state index in [1.807, 2.05) is 6.07 Å². The molecule has 1 aromatic heterocycles. The predicted molar refractivity (Wildman–Crippen MR) is 156 cm³/mol. The van der Waals surface area contributed by atoms with Gasteiger partial charge in [0.2, 0.25) is 16.0 Å². The lowest BCUT2D eigenvalue weighted by Crippen LogP contribution is -2.39. The summed E-state index contributed by atoms with van der Waals surface area (Å²) in [4.78, 5) is 23.2. The third-order valence-corrected chi connectivity index (χ3v) is 10.8. The van der Waals surface area contributed by atoms with Crippen LogP contribution in [0.5, 0.6) is 0 Å². The van der Waals surface area contributed by atoms with Crippen molar-refractivity contribution in [2.75, 3.05) is 31.1 Å². The number of aromatic carboxylic acids is 1. The molecular formula is C29H32Cl2N4O4S. The van der Waals surface area contributed by atoms with Crippen LogP contribution in [0.4, 0.5) is 5.95 Å². The molecule has 0 amide bonds. The molecule has 0 saturated carbocycles. The van der Waals surface area contributed by atoms with Crippen molar-refractivity contribution in [1.82, 2.24) is 14.3 Å². The Morgan fingerprint density at radius 1 is 0.900 bits per heavy atom. The Labute approximate surface area is 245 Å². The monoisotopic (exact) mass is 602 g/mol. The Bertz CT molecular complexity index is 1460. The Hall–Kier alpha value is -2.72. The molecule has 5 rings (SSSR count). The van der Waals surface area contributed by atoms with Gasteiger partial charge in [0.1, 0.15) is 4.90 Å². The molecule has 0 bridgehead atoms. The molecule has 1 N–H and O–H groups in total. The van der Waals surface area contributed by atoms with Gasteiger partial charge < -0.3 is 10.0 Å². The van der Waals surface area contributed by atoms with E-state index in [0.29, 0.717) is 49.9 Å². The lowest BCUT2D eigenvalue weighted by molar-refractivity contribution is 0.0694. The first kappa shape index (κ1) is 28.8. The van der Waals surface area contributed by atoms with Crippen molar-refractivity contribution in [2.24, 2.45) is 11.8 Å². The Kier molecular flexibility index (Phi) is 8.95. The van der Waals surface area contributed by atoms with Crippen LogP contribution in [0.3, 0.4) is 0 Å². The SMILES string of the molecule is O=C(O)c1cnc(N2CCC(Cc3ccccc3)CC2)nc1CC1CCN(S(=O)(=O)c2cccc(Cl)c2Cl)CC1. The molecule has 2 saturated heterocycles. The molecular weight excluding hydrogens is 571 g/mol. The average molecular weight is 604 g/mol. The van der Waals surface area contributed by atoms with Crippen LogP contribution in [0.1, 0.15) is 47.3 Å². The minimum atomic E-state index is -3.79. The van der Waals surface area contributed by atoms with Crippen LogP contribution in [-0.4, -0.2) is 59.9 Å². The number of sulfonamides is 1. The second-order valence-electron chi connectivity index (χ2n) is 10.6. The highest BCUT2D eigenvalue weighted by molar-refractivity contribution is 7.89. The number of nitrogens with zero attached hydrogens (tertiary/aromatic N) is 4. The minimum Gasteiger partial charge on any atom is -0.478 e. The Balaban J connectivity index is 1.23. The van der Waals surface area contributed by atoms with Crippen LogP contribution < -0.4 is 4.90 Å². The average Bonchev–Trinajstić information content (AvgIpc) is 2.95. The van der Waals surface area contributed by atoms with E-state index < -0.39 is 16.0 Å². The molecule has 2 aromatic carbocycles. The number of rotatable bonds is 8. The number of hydrogen-bond donors (Lipinski definition) is 1. The van der Waals surface area contributed by atoms with Gasteiger partial charge in [-0.05, 0) is 68.1 Å². The molecule has 0 atom stereocenters. The smallest absolute Gasteiger partial charge is 0.339 e. The van der Waals surface area contributed by atoms with E-state index in [1.54, 1.807) is 12.1 Å². The van der Waals surface area contributed by atoms with E-state index in [0.717, 1.165) is 32.4 Å². The number of benzene rings is 2. The molecule has 3 aromatic rings. The number of carboxylic acid groups (broad SMARTS) is 1. The van der Waals surface area contributed by atoms with Gasteiger partial charge in [-0.3, -0.25) is 0 Å². The first-order valence-electron chi connectivity index (χ1n) is 13.5. The first-order chi connectivity index (χ1) is 19.2. The lowest BCUT2D eigenvalue weighted by Gasteiger charge is -2.33. The molecule has 40 heavy (non-hydrogen) atoms. The summed E-state index contributed by atoms with van der Waals surface area (Å²) < 4.78 is 27.8. The molecule has 2 aliphatic rings. The maximum atomic E-state index is 13.2. The summed E-state index contributed by atoms with van der Waals surface area (Å²) in [6, 6.07) is 15.1. The summed E-state index contributed by atoms with van der Waals surface area (Å²) in [7, 11) is -3.79. The van der Waals surface area contributed by atoms with Crippen molar-refractivity contribution in [3.63, 3.8) is 0 Å². The van der Waals surface area contributed by atoms with Crippen LogP contribution in [0.25, 0.3) is 0 Å². The maximum Gasteiger partial charge on any atom is 0.339 e. The van der Waals surface area contributed by atoms with Crippen molar-refractivity contribution >= 4 is 45.1 Å². The molecule has 0 aliphatic carbocycles. The van der Waals surface area contributed by atoms with Crippen molar-refractivity contribution in [3.8, 4) is 0 Å². The van der Waals surface area contributed by atoms with Gasteiger partial charge in [0, 0.05) is 32.4 Å². The number of anilines is 1. The predicted octanol–water partition coefficient (Wildman–Crippen LogP) is 5.58. The standard InChI is InChI=1S/C29H32Cl2N4O4S/c30-24-7-4-8-26(27(24)31)40(38,39)35-15-11-22(12-16-35)18-25-23(28(36)37)19-32-29(33-25)34-13-9-21(10-14-34)17-20-5-2-1-3-6-20/h1-8,19,21-22H,9-18H2,(H,36,37). The normalized spacial score (nSPS) is 17.7. The fraction of sp³-hybridized carbons (Fsp3) is 0.414. The summed E-state index contributed by atoms with van der Waals surface area (Å²) in [5.41, 5.74) is 1.95. The topological polar surface area (TPSA) is 104 Å². The van der Waals surface area contributed by atoms with E-state index in [1.165, 1.54) is 22.1 Å². The van der Waals surface area contributed by atoms with Gasteiger partial charge in [0.25, 0.3) is 0 Å². The van der Waals surface area contributed by atoms with Gasteiger partial charge in [0.15, 0.2) is 0 Å². The van der Waals surface area contributed by atoms with E-state index in [2.05, 4.69) is 34.1 Å². The summed E-state index contributed by atoms with van der Waals surface area (Å²) in [5, 5.41) is 10.0. The van der Waals surface area contributed by atoms with Crippen LogP contribution in [0.2, 0.25) is 10.0 Å². The lowest BCUT2D eigenvalue weighted by atomic mass is 9.90. The fourth-order valence-electron chi connectivity index (χ4n) is 5.63. The molecule has 212 valence electrons. The number of carbonyl (C=O) groups is 1. The number of halogens is 2. The van der Waals surface area contributed by atoms with E-state index in [9.17, 15) is 18.3 Å². The Morgan fingerprint density at radius 2 is 1.55 bits per heavy atom. The fourth-order valence-corrected chi connectivity index (χ4v) is 7.83. The summed E-state index contributed by atoms with van der Waals surface area (Å²) in [6.45, 7) is 2.27. The molecule has 3 heterocycles. The van der Waals surface area contributed by atoms with E-state index >= 15 is 0 Å². The molecule has 8 nitrogen and oxygen atoms in total. The van der Waals surface area contributed by atoms with Crippen molar-refractivity contribution in [2.45, 2.75) is 43.4 Å². The quantitative estimate of drug-likeness (QED) is 0.358. The van der Waals surface area contributed by atoms with Crippen LogP contribution in [0.15, 0.2) is 59.6 Å². The van der Waals surface area contributed by atoms with Gasteiger partial charge in [0.05, 0.1) is 21.3 Å². The maximum absolute atomic E-state index is 13.2. The highest BCUT2D eigenvalue weighted by Crippen LogP contribution is 2.33. The number of hydrogen-bond acceptors (Lipinski definition) is 6. The summed E-state index contributed by atoms with van der Waals surface area (Å²) in [5.74, 6) is 0.200. The van der Waals surface area contributed by atoms with Gasteiger partial charge in [-0.25, -0.2) is 23.2 Å². The highest BCUT2D eigenvalue weighted by Gasteiger charge is 2.32. The van der Waals surface area contributed by atoms with Gasteiger partial charge in [-0.2, -0.15) is 4.31 Å². The van der Waals surface area contributed by atoms with Gasteiger partial charge in [-0.1, -0.05) is 59.6 Å². The second kappa shape index (κ2) is 12.4. The zero-order valence-corrected chi connectivity index (χ0v) is 24.4. The number of aromatic nitrogens is 2. The molecule has 11 heteroatoms. The van der Waals surface area contributed by atoms with E-state index in [4.69, 9.17) is 28.2 Å². The van der Waals surface area contributed by atoms with Gasteiger partial charge >= 0.3 is 5.97 Å². The number of piperidine rings is 2. The Morgan fingerprint density at radius 3 is 2.23 bits per heavy atom.